The summed E-state index contributed by atoms with van der Waals surface area (Å²) in [5.41, 5.74) is 20.6. The van der Waals surface area contributed by atoms with Crippen molar-refractivity contribution in [2.45, 2.75) is 49.9 Å². The minimum atomic E-state index is -1.65. The highest BCUT2D eigenvalue weighted by Gasteiger charge is 2.31. The molecule has 0 aliphatic carbocycles. The highest BCUT2D eigenvalue weighted by atomic mass is 32.1. The monoisotopic (exact) mass is 477 g/mol. The molecule has 15 nitrogen and oxygen atoms in total. The van der Waals surface area contributed by atoms with Crippen LogP contribution in [0.3, 0.4) is 0 Å². The first kappa shape index (κ1) is 28.6. The number of amides is 6. The van der Waals surface area contributed by atoms with Crippen LogP contribution < -0.4 is 38.9 Å². The van der Waals surface area contributed by atoms with Crippen LogP contribution in [0.15, 0.2) is 0 Å². The number of carbonyl (C=O) groups is 7. The van der Waals surface area contributed by atoms with E-state index < -0.39 is 78.4 Å². The van der Waals surface area contributed by atoms with Gasteiger partial charge in [0.15, 0.2) is 0 Å². The van der Waals surface area contributed by atoms with Crippen molar-refractivity contribution >= 4 is 54.0 Å². The fraction of sp³-hybridized carbons (Fsp3) is 0.562. The Balaban J connectivity index is 5.26. The Morgan fingerprint density at radius 3 is 1.59 bits per heavy atom. The molecule has 0 aromatic heterocycles. The van der Waals surface area contributed by atoms with E-state index in [1.54, 1.807) is 0 Å². The molecule has 12 N–H and O–H groups in total. The van der Waals surface area contributed by atoms with E-state index >= 15 is 0 Å². The van der Waals surface area contributed by atoms with E-state index in [-0.39, 0.29) is 18.6 Å². The van der Waals surface area contributed by atoms with Gasteiger partial charge in [0.25, 0.3) is 0 Å². The van der Waals surface area contributed by atoms with Crippen molar-refractivity contribution in [2.75, 3.05) is 5.75 Å². The summed E-state index contributed by atoms with van der Waals surface area (Å²) in [7, 11) is 0. The lowest BCUT2D eigenvalue weighted by molar-refractivity contribution is -0.143. The van der Waals surface area contributed by atoms with Gasteiger partial charge in [-0.15, -0.1) is 0 Å². The van der Waals surface area contributed by atoms with Crippen molar-refractivity contribution in [1.29, 1.82) is 0 Å². The zero-order chi connectivity index (χ0) is 25.0. The van der Waals surface area contributed by atoms with Crippen molar-refractivity contribution < 1.29 is 38.7 Å². The zero-order valence-electron chi connectivity index (χ0n) is 16.9. The fourth-order valence-corrected chi connectivity index (χ4v) is 2.52. The Morgan fingerprint density at radius 1 is 0.719 bits per heavy atom. The molecule has 0 saturated heterocycles. The van der Waals surface area contributed by atoms with E-state index in [0.717, 1.165) is 0 Å². The van der Waals surface area contributed by atoms with Gasteiger partial charge in [-0.1, -0.05) is 0 Å². The van der Waals surface area contributed by atoms with Gasteiger partial charge in [0, 0.05) is 12.2 Å². The summed E-state index contributed by atoms with van der Waals surface area (Å²) >= 11 is 3.90. The molecule has 0 spiro atoms. The second-order valence-corrected chi connectivity index (χ2v) is 7.02. The predicted molar refractivity (Wildman–Crippen MR) is 111 cm³/mol. The van der Waals surface area contributed by atoms with Gasteiger partial charge in [0.05, 0.1) is 18.9 Å². The first-order valence-corrected chi connectivity index (χ1v) is 9.76. The molecule has 0 radical (unpaired) electrons. The van der Waals surface area contributed by atoms with Gasteiger partial charge in [-0.25, -0.2) is 4.79 Å². The lowest BCUT2D eigenvalue weighted by Gasteiger charge is -2.23. The molecular weight excluding hydrogens is 450 g/mol. The van der Waals surface area contributed by atoms with Crippen molar-refractivity contribution in [2.24, 2.45) is 22.9 Å². The molecule has 32 heavy (non-hydrogen) atoms. The maximum absolute atomic E-state index is 12.5. The van der Waals surface area contributed by atoms with Crippen LogP contribution in [0.5, 0.6) is 0 Å². The number of carboxylic acid groups (broad SMARTS) is 1. The molecule has 0 aliphatic rings. The molecule has 6 amide bonds. The van der Waals surface area contributed by atoms with Gasteiger partial charge >= 0.3 is 5.97 Å². The molecule has 0 saturated carbocycles. The maximum atomic E-state index is 12.5. The van der Waals surface area contributed by atoms with E-state index in [4.69, 9.17) is 28.0 Å². The zero-order valence-corrected chi connectivity index (χ0v) is 17.8. The van der Waals surface area contributed by atoms with Crippen LogP contribution in [0.25, 0.3) is 0 Å². The van der Waals surface area contributed by atoms with E-state index in [2.05, 4.69) is 23.3 Å². The SMILES string of the molecule is NC(=O)CCC(N)C(=O)NC(CC(N)=O)C(=O)NC(CS)C(=O)NC(CC(N)=O)C(=O)O. The third-order valence-corrected chi connectivity index (χ3v) is 4.28. The summed E-state index contributed by atoms with van der Waals surface area (Å²) < 4.78 is 0. The normalized spacial score (nSPS) is 14.2. The Kier molecular flexibility index (Phi) is 12.3. The first-order valence-electron chi connectivity index (χ1n) is 9.13. The number of primary amides is 3. The molecule has 4 atom stereocenters. The average molecular weight is 478 g/mol. The van der Waals surface area contributed by atoms with Gasteiger partial charge in [0.2, 0.25) is 35.4 Å². The molecular formula is C16H27N7O8S. The van der Waals surface area contributed by atoms with Crippen molar-refractivity contribution in [3.05, 3.63) is 0 Å². The van der Waals surface area contributed by atoms with E-state index in [1.165, 1.54) is 0 Å². The number of rotatable bonds is 15. The molecule has 0 heterocycles. The second-order valence-electron chi connectivity index (χ2n) is 6.66. The maximum Gasteiger partial charge on any atom is 0.326 e. The van der Waals surface area contributed by atoms with Crippen LogP contribution in [0.4, 0.5) is 0 Å². The third-order valence-electron chi connectivity index (χ3n) is 3.91. The van der Waals surface area contributed by atoms with Crippen molar-refractivity contribution in [3.63, 3.8) is 0 Å². The lowest BCUT2D eigenvalue weighted by atomic mass is 10.1. The summed E-state index contributed by atoms with van der Waals surface area (Å²) in [4.78, 5) is 81.1. The number of nitrogens with one attached hydrogen (secondary N) is 3. The summed E-state index contributed by atoms with van der Waals surface area (Å²) in [6, 6.07) is -5.81. The summed E-state index contributed by atoms with van der Waals surface area (Å²) in [5.74, 6) is -7.40. The summed E-state index contributed by atoms with van der Waals surface area (Å²) in [5, 5.41) is 15.5. The lowest BCUT2D eigenvalue weighted by Crippen LogP contribution is -2.58. The molecule has 0 aromatic rings. The molecule has 0 bridgehead atoms. The standard InChI is InChI=1S/C16H27N7O8S/c17-6(1-2-10(18)24)13(27)21-7(3-11(19)25)14(28)23-9(5-32)15(29)22-8(16(30)31)4-12(20)26/h6-9,32H,1-5,17H2,(H2,18,24)(H2,19,25)(H2,20,26)(H,21,27)(H,22,29)(H,23,28)(H,30,31). The highest BCUT2D eigenvalue weighted by Crippen LogP contribution is 2.01. The second kappa shape index (κ2) is 13.8. The van der Waals surface area contributed by atoms with Crippen LogP contribution in [-0.4, -0.2) is 76.4 Å². The number of hydrogen-bond donors (Lipinski definition) is 9. The molecule has 0 aliphatic heterocycles. The minimum absolute atomic E-state index is 0.121. The van der Waals surface area contributed by atoms with Gasteiger partial charge in [-0.3, -0.25) is 28.8 Å². The number of aliphatic carboxylic acids is 1. The fourth-order valence-electron chi connectivity index (χ4n) is 2.26. The van der Waals surface area contributed by atoms with Gasteiger partial charge in [0.1, 0.15) is 18.1 Å². The topological polar surface area (TPSA) is 280 Å². The molecule has 0 rings (SSSR count). The number of thiol groups is 1. The Hall–Kier alpha value is -3.40. The Morgan fingerprint density at radius 2 is 1.16 bits per heavy atom. The van der Waals surface area contributed by atoms with Crippen LogP contribution in [-0.2, 0) is 33.6 Å². The largest absolute Gasteiger partial charge is 0.480 e. The van der Waals surface area contributed by atoms with E-state index in [9.17, 15) is 33.6 Å². The Labute approximate surface area is 187 Å². The van der Waals surface area contributed by atoms with Crippen molar-refractivity contribution in [3.8, 4) is 0 Å². The van der Waals surface area contributed by atoms with Crippen LogP contribution >= 0.6 is 12.6 Å². The highest BCUT2D eigenvalue weighted by molar-refractivity contribution is 7.80. The smallest absolute Gasteiger partial charge is 0.326 e. The molecule has 180 valence electrons. The summed E-state index contributed by atoms with van der Waals surface area (Å²) in [6.07, 6.45) is -1.66. The number of hydrogen-bond acceptors (Lipinski definition) is 9. The third kappa shape index (κ3) is 11.1. The molecule has 0 aromatic carbocycles. The van der Waals surface area contributed by atoms with Crippen LogP contribution in [0.2, 0.25) is 0 Å². The number of carbonyl (C=O) groups excluding carboxylic acids is 6. The molecule has 16 heteroatoms. The van der Waals surface area contributed by atoms with E-state index in [0.29, 0.717) is 0 Å². The molecule has 0 fully saturated rings. The van der Waals surface area contributed by atoms with Gasteiger partial charge in [-0.2, -0.15) is 12.6 Å². The van der Waals surface area contributed by atoms with Crippen molar-refractivity contribution in [1.82, 2.24) is 16.0 Å². The molecule has 4 unspecified atom stereocenters. The Bertz CT molecular complexity index is 763. The van der Waals surface area contributed by atoms with Crippen LogP contribution in [0.1, 0.15) is 25.7 Å². The first-order chi connectivity index (χ1) is 14.8. The van der Waals surface area contributed by atoms with Gasteiger partial charge < -0.3 is 44.0 Å². The summed E-state index contributed by atoms with van der Waals surface area (Å²) in [6.45, 7) is 0. The van der Waals surface area contributed by atoms with Crippen LogP contribution in [0, 0.1) is 0 Å². The quantitative estimate of drug-likeness (QED) is 0.102. The minimum Gasteiger partial charge on any atom is -0.480 e. The van der Waals surface area contributed by atoms with E-state index in [1.807, 2.05) is 5.32 Å². The predicted octanol–water partition coefficient (Wildman–Crippen LogP) is -5.20. The number of carboxylic acids is 1. The van der Waals surface area contributed by atoms with Gasteiger partial charge in [-0.05, 0) is 6.42 Å². The number of nitrogens with two attached hydrogens (primary N) is 4. The average Bonchev–Trinajstić information content (AvgIpc) is 2.67.